The van der Waals surface area contributed by atoms with Crippen LogP contribution in [0.15, 0.2) is 10.3 Å². The van der Waals surface area contributed by atoms with E-state index in [1.54, 1.807) is 0 Å². The predicted octanol–water partition coefficient (Wildman–Crippen LogP) is 0.464. The van der Waals surface area contributed by atoms with Crippen LogP contribution in [0.2, 0.25) is 0 Å². The number of ether oxygens (including phenoxy) is 2. The molecule has 1 unspecified atom stereocenters. The summed E-state index contributed by atoms with van der Waals surface area (Å²) in [5.74, 6) is 4.36. The van der Waals surface area contributed by atoms with Crippen LogP contribution >= 0.6 is 0 Å². The summed E-state index contributed by atoms with van der Waals surface area (Å²) in [6, 6.07) is 0. The quantitative estimate of drug-likeness (QED) is 0.361. The molecule has 1 saturated heterocycles. The summed E-state index contributed by atoms with van der Waals surface area (Å²) in [5, 5.41) is 6.75. The number of nitrogens with zero attached hydrogens (tertiary/aromatic N) is 2. The summed E-state index contributed by atoms with van der Waals surface area (Å²) in [6.45, 7) is 4.77. The number of rotatable bonds is 2. The fraction of sp³-hybridized carbons (Fsp3) is 1.00. The Morgan fingerprint density at radius 3 is 2.82 bits per heavy atom. The molecule has 1 aliphatic rings. The largest absolute Gasteiger partial charge is 0.348 e. The van der Waals surface area contributed by atoms with E-state index < -0.39 is 5.79 Å². The van der Waals surface area contributed by atoms with Crippen molar-refractivity contribution < 1.29 is 9.47 Å². The van der Waals surface area contributed by atoms with E-state index in [0.717, 1.165) is 0 Å². The second kappa shape index (κ2) is 3.15. The summed E-state index contributed by atoms with van der Waals surface area (Å²) in [7, 11) is 0. The first-order valence-electron chi connectivity index (χ1n) is 3.52. The maximum atomic E-state index is 5.42. The first kappa shape index (κ1) is 8.42. The molecule has 0 aromatic heterocycles. The molecule has 0 amide bonds. The van der Waals surface area contributed by atoms with Crippen LogP contribution in [0, 0.1) is 0 Å². The third-order valence-electron chi connectivity index (χ3n) is 1.43. The Balaban J connectivity index is 2.30. The fourth-order valence-corrected chi connectivity index (χ4v) is 0.991. The molecule has 0 aromatic carbocycles. The Morgan fingerprint density at radius 1 is 1.64 bits per heavy atom. The van der Waals surface area contributed by atoms with E-state index in [9.17, 15) is 0 Å². The van der Waals surface area contributed by atoms with E-state index >= 15 is 0 Å². The average molecular weight is 159 g/mol. The van der Waals surface area contributed by atoms with E-state index in [1.807, 2.05) is 13.8 Å². The minimum absolute atomic E-state index is 0.00250. The van der Waals surface area contributed by atoms with Crippen molar-refractivity contribution >= 4 is 0 Å². The van der Waals surface area contributed by atoms with Gasteiger partial charge >= 0.3 is 0 Å². The lowest BCUT2D eigenvalue weighted by Crippen LogP contribution is -2.22. The maximum absolute atomic E-state index is 5.42. The van der Waals surface area contributed by atoms with E-state index in [1.165, 1.54) is 0 Å². The van der Waals surface area contributed by atoms with Gasteiger partial charge in [-0.25, -0.2) is 0 Å². The molecule has 64 valence electrons. The van der Waals surface area contributed by atoms with Gasteiger partial charge in [0.2, 0.25) is 0 Å². The number of hydrogen-bond acceptors (Lipinski definition) is 4. The molecule has 1 heterocycles. The highest BCUT2D eigenvalue weighted by Crippen LogP contribution is 2.22. The van der Waals surface area contributed by atoms with E-state index in [0.29, 0.717) is 13.2 Å². The van der Waals surface area contributed by atoms with Crippen molar-refractivity contribution in [2.75, 3.05) is 13.2 Å². The molecule has 5 heteroatoms. The highest BCUT2D eigenvalue weighted by molar-refractivity contribution is 4.71. The Labute approximate surface area is 65.5 Å². The van der Waals surface area contributed by atoms with Crippen LogP contribution in [-0.2, 0) is 9.47 Å². The topological polar surface area (TPSA) is 69.2 Å². The summed E-state index contributed by atoms with van der Waals surface area (Å²) in [5.41, 5.74) is 0. The van der Waals surface area contributed by atoms with Crippen molar-refractivity contribution in [1.82, 2.24) is 0 Å². The summed E-state index contributed by atoms with van der Waals surface area (Å²) >= 11 is 0. The van der Waals surface area contributed by atoms with Crippen LogP contribution < -0.4 is 5.84 Å². The van der Waals surface area contributed by atoms with Gasteiger partial charge in [-0.3, -0.25) is 0 Å². The molecule has 1 atom stereocenters. The van der Waals surface area contributed by atoms with Crippen LogP contribution in [0.3, 0.4) is 0 Å². The third-order valence-corrected chi connectivity index (χ3v) is 1.43. The van der Waals surface area contributed by atoms with Crippen LogP contribution in [0.5, 0.6) is 0 Å². The molecule has 1 fully saturated rings. The zero-order valence-electron chi connectivity index (χ0n) is 6.78. The Morgan fingerprint density at radius 2 is 2.36 bits per heavy atom. The van der Waals surface area contributed by atoms with E-state index in [2.05, 4.69) is 10.3 Å². The lowest BCUT2D eigenvalue weighted by atomic mass is 10.4. The Kier molecular flexibility index (Phi) is 2.41. The van der Waals surface area contributed by atoms with Gasteiger partial charge in [0.05, 0.1) is 13.2 Å². The standard InChI is InChI=1S/C6H13N3O2/c1-6(2)10-4-5(11-6)3-8-9-7/h5H,3-4H2,1-2H3,(H2,7,8). The zero-order valence-corrected chi connectivity index (χ0v) is 6.78. The van der Waals surface area contributed by atoms with Crippen molar-refractivity contribution in [2.24, 2.45) is 16.2 Å². The zero-order chi connectivity index (χ0) is 8.32. The molecular formula is C6H13N3O2. The van der Waals surface area contributed by atoms with Crippen LogP contribution in [0.1, 0.15) is 13.8 Å². The normalized spacial score (nSPS) is 29.8. The van der Waals surface area contributed by atoms with Crippen molar-refractivity contribution in [2.45, 2.75) is 25.7 Å². The molecule has 0 aliphatic carbocycles. The molecular weight excluding hydrogens is 146 g/mol. The van der Waals surface area contributed by atoms with Gasteiger partial charge in [0.25, 0.3) is 0 Å². The molecule has 0 spiro atoms. The molecule has 2 N–H and O–H groups in total. The second-order valence-corrected chi connectivity index (χ2v) is 2.89. The lowest BCUT2D eigenvalue weighted by Gasteiger charge is -2.15. The van der Waals surface area contributed by atoms with Crippen LogP contribution in [0.25, 0.3) is 0 Å². The van der Waals surface area contributed by atoms with Crippen molar-refractivity contribution in [3.8, 4) is 0 Å². The van der Waals surface area contributed by atoms with Gasteiger partial charge in [-0.2, -0.15) is 5.11 Å². The van der Waals surface area contributed by atoms with Gasteiger partial charge in [0.15, 0.2) is 5.79 Å². The molecule has 0 saturated carbocycles. The molecule has 0 aromatic rings. The molecule has 5 nitrogen and oxygen atoms in total. The Bertz CT molecular complexity index is 158. The average Bonchev–Trinajstić information content (AvgIpc) is 2.26. The van der Waals surface area contributed by atoms with Crippen molar-refractivity contribution in [1.29, 1.82) is 0 Å². The van der Waals surface area contributed by atoms with Gasteiger partial charge in [0, 0.05) is 0 Å². The fourth-order valence-electron chi connectivity index (χ4n) is 0.991. The molecule has 0 bridgehead atoms. The van der Waals surface area contributed by atoms with E-state index in [4.69, 9.17) is 15.3 Å². The van der Waals surface area contributed by atoms with Gasteiger partial charge < -0.3 is 15.3 Å². The number of hydrogen-bond donors (Lipinski definition) is 1. The van der Waals surface area contributed by atoms with Crippen molar-refractivity contribution in [3.05, 3.63) is 0 Å². The minimum Gasteiger partial charge on any atom is -0.348 e. The van der Waals surface area contributed by atoms with E-state index in [-0.39, 0.29) is 6.10 Å². The monoisotopic (exact) mass is 159 g/mol. The highest BCUT2D eigenvalue weighted by Gasteiger charge is 2.32. The first-order valence-corrected chi connectivity index (χ1v) is 3.52. The maximum Gasteiger partial charge on any atom is 0.163 e. The SMILES string of the molecule is CC1(C)OCC(CN=NN)O1. The highest BCUT2D eigenvalue weighted by atomic mass is 16.7. The molecule has 1 aliphatic heterocycles. The van der Waals surface area contributed by atoms with Gasteiger partial charge in [-0.15, -0.1) is 0 Å². The smallest absolute Gasteiger partial charge is 0.163 e. The van der Waals surface area contributed by atoms with Crippen LogP contribution in [0.4, 0.5) is 0 Å². The summed E-state index contributed by atoms with van der Waals surface area (Å²) in [6.07, 6.45) is -0.00250. The van der Waals surface area contributed by atoms with Crippen molar-refractivity contribution in [3.63, 3.8) is 0 Å². The van der Waals surface area contributed by atoms with Gasteiger partial charge in [-0.05, 0) is 13.8 Å². The Hall–Kier alpha value is -0.680. The number of nitrogens with two attached hydrogens (primary N) is 1. The second-order valence-electron chi connectivity index (χ2n) is 2.89. The van der Waals surface area contributed by atoms with Gasteiger partial charge in [0.1, 0.15) is 6.10 Å². The first-order chi connectivity index (χ1) is 5.14. The molecule has 11 heavy (non-hydrogen) atoms. The third kappa shape index (κ3) is 2.44. The van der Waals surface area contributed by atoms with Crippen LogP contribution in [-0.4, -0.2) is 25.0 Å². The van der Waals surface area contributed by atoms with Gasteiger partial charge in [-0.1, -0.05) is 5.22 Å². The molecule has 1 rings (SSSR count). The molecule has 0 radical (unpaired) electrons. The summed E-state index contributed by atoms with van der Waals surface area (Å²) in [4.78, 5) is 0. The summed E-state index contributed by atoms with van der Waals surface area (Å²) < 4.78 is 10.7. The lowest BCUT2D eigenvalue weighted by molar-refractivity contribution is -0.137. The minimum atomic E-state index is -0.477. The predicted molar refractivity (Wildman–Crippen MR) is 38.8 cm³/mol.